The molecule has 0 aliphatic rings. The normalized spacial score (nSPS) is 10.8. The van der Waals surface area contributed by atoms with Gasteiger partial charge in [-0.2, -0.15) is 0 Å². The summed E-state index contributed by atoms with van der Waals surface area (Å²) in [5.41, 5.74) is 0.969. The zero-order chi connectivity index (χ0) is 18.9. The molecule has 2 aromatic carbocycles. The minimum Gasteiger partial charge on any atom is -0.451 e. The third-order valence-corrected chi connectivity index (χ3v) is 3.10. The fraction of sp³-hybridized carbons (Fsp3) is 0.105. The Labute approximate surface area is 149 Å². The van der Waals surface area contributed by atoms with E-state index in [-0.39, 0.29) is 5.70 Å². The lowest BCUT2D eigenvalue weighted by molar-refractivity contribution is -0.144. The average Bonchev–Trinajstić information content (AvgIpc) is 2.61. The van der Waals surface area contributed by atoms with Crippen molar-refractivity contribution in [3.05, 3.63) is 71.7 Å². The highest BCUT2D eigenvalue weighted by Gasteiger charge is 2.15. The molecule has 0 bridgehead atoms. The zero-order valence-electron chi connectivity index (χ0n) is 14.0. The number of hydrogen-bond donors (Lipinski definition) is 2. The van der Waals surface area contributed by atoms with E-state index in [1.807, 2.05) is 6.07 Å². The Bertz CT molecular complexity index is 817. The van der Waals surface area contributed by atoms with Gasteiger partial charge in [-0.15, -0.1) is 0 Å². The molecule has 7 heteroatoms. The molecule has 0 saturated heterocycles. The minimum absolute atomic E-state index is 0.0849. The Morgan fingerprint density at radius 2 is 1.69 bits per heavy atom. The largest absolute Gasteiger partial charge is 0.451 e. The van der Waals surface area contributed by atoms with Gasteiger partial charge >= 0.3 is 5.97 Å². The molecule has 2 rings (SSSR count). The first-order valence-electron chi connectivity index (χ1n) is 7.71. The van der Waals surface area contributed by atoms with Gasteiger partial charge in [0.15, 0.2) is 6.61 Å². The van der Waals surface area contributed by atoms with Crippen molar-refractivity contribution >= 4 is 29.5 Å². The number of carbonyl (C=O) groups excluding carboxylic acids is 3. The summed E-state index contributed by atoms with van der Waals surface area (Å²) >= 11 is 0. The van der Waals surface area contributed by atoms with Gasteiger partial charge in [-0.3, -0.25) is 9.59 Å². The maximum Gasteiger partial charge on any atom is 0.355 e. The Morgan fingerprint density at radius 3 is 2.31 bits per heavy atom. The Morgan fingerprint density at radius 1 is 1.04 bits per heavy atom. The second-order valence-corrected chi connectivity index (χ2v) is 5.28. The molecule has 0 fully saturated rings. The van der Waals surface area contributed by atoms with Crippen molar-refractivity contribution in [3.63, 3.8) is 0 Å². The van der Waals surface area contributed by atoms with E-state index in [0.717, 1.165) is 0 Å². The van der Waals surface area contributed by atoms with Gasteiger partial charge in [-0.25, -0.2) is 9.18 Å². The van der Waals surface area contributed by atoms with Crippen LogP contribution in [0, 0.1) is 5.82 Å². The number of esters is 1. The van der Waals surface area contributed by atoms with Crippen LogP contribution < -0.4 is 10.6 Å². The number of benzene rings is 2. The van der Waals surface area contributed by atoms with Crippen LogP contribution in [0.3, 0.4) is 0 Å². The molecule has 2 aromatic rings. The smallest absolute Gasteiger partial charge is 0.355 e. The SMILES string of the molecule is CC(=O)N/C(=C\c1ccccc1)C(=O)OCC(=O)Nc1ccc(F)cc1. The van der Waals surface area contributed by atoms with Crippen LogP contribution in [0.15, 0.2) is 60.3 Å². The van der Waals surface area contributed by atoms with Crippen molar-refractivity contribution in [2.45, 2.75) is 6.92 Å². The van der Waals surface area contributed by atoms with E-state index in [1.165, 1.54) is 37.3 Å². The molecule has 6 nitrogen and oxygen atoms in total. The molecule has 0 heterocycles. The maximum absolute atomic E-state index is 12.8. The first-order chi connectivity index (χ1) is 12.4. The summed E-state index contributed by atoms with van der Waals surface area (Å²) in [6.45, 7) is 0.704. The molecule has 2 N–H and O–H groups in total. The van der Waals surface area contributed by atoms with E-state index in [4.69, 9.17) is 4.74 Å². The molecule has 0 aliphatic carbocycles. The predicted octanol–water partition coefficient (Wildman–Crippen LogP) is 2.48. The fourth-order valence-corrected chi connectivity index (χ4v) is 1.99. The van der Waals surface area contributed by atoms with Crippen LogP contribution >= 0.6 is 0 Å². The summed E-state index contributed by atoms with van der Waals surface area (Å²) < 4.78 is 17.8. The Balaban J connectivity index is 1.98. The molecule has 134 valence electrons. The van der Waals surface area contributed by atoms with Crippen molar-refractivity contribution in [2.75, 3.05) is 11.9 Å². The molecule has 0 atom stereocenters. The fourth-order valence-electron chi connectivity index (χ4n) is 1.99. The number of ether oxygens (including phenoxy) is 1. The molecule has 0 aliphatic heterocycles. The summed E-state index contributed by atoms with van der Waals surface area (Å²) in [6.07, 6.45) is 1.45. The second-order valence-electron chi connectivity index (χ2n) is 5.28. The van der Waals surface area contributed by atoms with Gasteiger partial charge in [0.05, 0.1) is 0 Å². The van der Waals surface area contributed by atoms with Gasteiger partial charge in [0.25, 0.3) is 5.91 Å². The van der Waals surface area contributed by atoms with Crippen LogP contribution in [0.25, 0.3) is 6.08 Å². The van der Waals surface area contributed by atoms with Crippen LogP contribution in [0.4, 0.5) is 10.1 Å². The van der Waals surface area contributed by atoms with Gasteiger partial charge in [0, 0.05) is 12.6 Å². The van der Waals surface area contributed by atoms with Crippen molar-refractivity contribution in [1.29, 1.82) is 0 Å². The second kappa shape index (κ2) is 9.12. The molecule has 0 saturated carbocycles. The highest BCUT2D eigenvalue weighted by Crippen LogP contribution is 2.09. The summed E-state index contributed by atoms with van der Waals surface area (Å²) in [5.74, 6) is -2.31. The quantitative estimate of drug-likeness (QED) is 0.615. The summed E-state index contributed by atoms with van der Waals surface area (Å²) in [5, 5.41) is 4.85. The topological polar surface area (TPSA) is 84.5 Å². The molecule has 26 heavy (non-hydrogen) atoms. The minimum atomic E-state index is -0.849. The van der Waals surface area contributed by atoms with Crippen molar-refractivity contribution in [3.8, 4) is 0 Å². The number of hydrogen-bond acceptors (Lipinski definition) is 4. The van der Waals surface area contributed by atoms with Crippen LogP contribution in [0.1, 0.15) is 12.5 Å². The number of halogens is 1. The van der Waals surface area contributed by atoms with Gasteiger partial charge in [-0.1, -0.05) is 30.3 Å². The van der Waals surface area contributed by atoms with Crippen LogP contribution in [0.5, 0.6) is 0 Å². The van der Waals surface area contributed by atoms with E-state index in [2.05, 4.69) is 10.6 Å². The first kappa shape index (κ1) is 18.9. The summed E-state index contributed by atoms with van der Waals surface area (Å²) in [6, 6.07) is 14.0. The standard InChI is InChI=1S/C19H17FN2O4/c1-13(23)21-17(11-14-5-3-2-4-6-14)19(25)26-12-18(24)22-16-9-7-15(20)8-10-16/h2-11H,12H2,1H3,(H,21,23)(H,22,24)/b17-11-. The number of amides is 2. The lowest BCUT2D eigenvalue weighted by Gasteiger charge is -2.09. The molecule has 2 amide bonds. The maximum atomic E-state index is 12.8. The van der Waals surface area contributed by atoms with Gasteiger partial charge in [0.2, 0.25) is 5.91 Å². The van der Waals surface area contributed by atoms with Crippen LogP contribution in [0.2, 0.25) is 0 Å². The Kier molecular flexibility index (Phi) is 6.61. The molecule has 0 spiro atoms. The molecule has 0 aromatic heterocycles. The highest BCUT2D eigenvalue weighted by atomic mass is 19.1. The summed E-state index contributed by atoms with van der Waals surface area (Å²) in [4.78, 5) is 35.3. The van der Waals surface area contributed by atoms with E-state index < -0.39 is 30.2 Å². The van der Waals surface area contributed by atoms with Gasteiger partial charge < -0.3 is 15.4 Å². The lowest BCUT2D eigenvalue weighted by Crippen LogP contribution is -2.28. The van der Waals surface area contributed by atoms with E-state index >= 15 is 0 Å². The van der Waals surface area contributed by atoms with Crippen molar-refractivity contribution in [1.82, 2.24) is 5.32 Å². The van der Waals surface area contributed by atoms with Crippen LogP contribution in [-0.2, 0) is 19.1 Å². The number of rotatable bonds is 6. The first-order valence-corrected chi connectivity index (χ1v) is 7.71. The summed E-state index contributed by atoms with van der Waals surface area (Å²) in [7, 11) is 0. The molecular weight excluding hydrogens is 339 g/mol. The van der Waals surface area contributed by atoms with Crippen LogP contribution in [-0.4, -0.2) is 24.4 Å². The predicted molar refractivity (Wildman–Crippen MR) is 94.2 cm³/mol. The monoisotopic (exact) mass is 356 g/mol. The average molecular weight is 356 g/mol. The molecular formula is C19H17FN2O4. The third kappa shape index (κ3) is 6.20. The zero-order valence-corrected chi connectivity index (χ0v) is 14.0. The van der Waals surface area contributed by atoms with E-state index in [0.29, 0.717) is 11.3 Å². The molecule has 0 unspecified atom stereocenters. The third-order valence-electron chi connectivity index (χ3n) is 3.10. The number of carbonyl (C=O) groups is 3. The van der Waals surface area contributed by atoms with Gasteiger partial charge in [0.1, 0.15) is 11.5 Å². The van der Waals surface area contributed by atoms with E-state index in [1.54, 1.807) is 24.3 Å². The number of anilines is 1. The lowest BCUT2D eigenvalue weighted by atomic mass is 10.2. The molecule has 0 radical (unpaired) electrons. The highest BCUT2D eigenvalue weighted by molar-refractivity contribution is 5.99. The van der Waals surface area contributed by atoms with E-state index in [9.17, 15) is 18.8 Å². The van der Waals surface area contributed by atoms with Crippen molar-refractivity contribution in [2.24, 2.45) is 0 Å². The van der Waals surface area contributed by atoms with Gasteiger partial charge in [-0.05, 0) is 35.9 Å². The number of nitrogens with one attached hydrogen (secondary N) is 2. The Hall–Kier alpha value is -3.48. The van der Waals surface area contributed by atoms with Crippen molar-refractivity contribution < 1.29 is 23.5 Å².